The van der Waals surface area contributed by atoms with Gasteiger partial charge in [-0.3, -0.25) is 9.69 Å². The average molecular weight is 327 g/mol. The summed E-state index contributed by atoms with van der Waals surface area (Å²) in [7, 11) is 0. The van der Waals surface area contributed by atoms with Gasteiger partial charge in [0.25, 0.3) is 0 Å². The lowest BCUT2D eigenvalue weighted by Crippen LogP contribution is -2.48. The van der Waals surface area contributed by atoms with Gasteiger partial charge in [0.15, 0.2) is 0 Å². The summed E-state index contributed by atoms with van der Waals surface area (Å²) in [5.74, 6) is 0.728. The molecular formula is C19H21NO4. The van der Waals surface area contributed by atoms with E-state index in [2.05, 4.69) is 0 Å². The van der Waals surface area contributed by atoms with E-state index in [0.29, 0.717) is 32.7 Å². The third kappa shape index (κ3) is 4.34. The quantitative estimate of drug-likeness (QED) is 0.884. The van der Waals surface area contributed by atoms with Crippen LogP contribution in [-0.4, -0.2) is 48.3 Å². The summed E-state index contributed by atoms with van der Waals surface area (Å²) < 4.78 is 11.1. The molecule has 1 aliphatic heterocycles. The van der Waals surface area contributed by atoms with Crippen molar-refractivity contribution in [3.05, 3.63) is 60.2 Å². The molecule has 1 saturated heterocycles. The highest BCUT2D eigenvalue weighted by Gasteiger charge is 2.27. The van der Waals surface area contributed by atoms with Crippen molar-refractivity contribution in [3.8, 4) is 11.5 Å². The topological polar surface area (TPSA) is 59.0 Å². The van der Waals surface area contributed by atoms with Crippen LogP contribution in [0.25, 0.3) is 0 Å². The molecule has 2 aromatic rings. The summed E-state index contributed by atoms with van der Waals surface area (Å²) >= 11 is 0. The molecule has 126 valence electrons. The molecule has 1 fully saturated rings. The van der Waals surface area contributed by atoms with E-state index in [9.17, 15) is 9.90 Å². The molecular weight excluding hydrogens is 306 g/mol. The second-order valence-corrected chi connectivity index (χ2v) is 5.77. The normalized spacial score (nSPS) is 16.5. The Hall–Kier alpha value is -2.37. The van der Waals surface area contributed by atoms with Gasteiger partial charge in [0.05, 0.1) is 13.2 Å². The Labute approximate surface area is 141 Å². The molecule has 0 saturated carbocycles. The van der Waals surface area contributed by atoms with Crippen molar-refractivity contribution < 1.29 is 19.4 Å². The molecule has 2 aromatic carbocycles. The van der Waals surface area contributed by atoms with Crippen LogP contribution in [0.5, 0.6) is 11.5 Å². The molecule has 0 aliphatic carbocycles. The monoisotopic (exact) mass is 327 g/mol. The van der Waals surface area contributed by atoms with Gasteiger partial charge in [0.2, 0.25) is 0 Å². The minimum atomic E-state index is -0.790. The van der Waals surface area contributed by atoms with Gasteiger partial charge in [0.1, 0.15) is 17.5 Å². The zero-order valence-corrected chi connectivity index (χ0v) is 13.4. The van der Waals surface area contributed by atoms with Gasteiger partial charge in [-0.2, -0.15) is 0 Å². The van der Waals surface area contributed by atoms with E-state index in [4.69, 9.17) is 9.47 Å². The molecule has 0 amide bonds. The molecule has 1 N–H and O–H groups in total. The molecule has 0 bridgehead atoms. The van der Waals surface area contributed by atoms with Crippen LogP contribution < -0.4 is 4.74 Å². The van der Waals surface area contributed by atoms with Crippen LogP contribution in [0, 0.1) is 0 Å². The second-order valence-electron chi connectivity index (χ2n) is 5.77. The number of aliphatic carboxylic acids is 1. The van der Waals surface area contributed by atoms with E-state index < -0.39 is 12.0 Å². The Bertz CT molecular complexity index is 651. The molecule has 0 spiro atoms. The number of carbonyl (C=O) groups is 1. The Balaban J connectivity index is 1.64. The third-order valence-electron chi connectivity index (χ3n) is 4.10. The van der Waals surface area contributed by atoms with Crippen molar-refractivity contribution in [1.29, 1.82) is 0 Å². The zero-order valence-electron chi connectivity index (χ0n) is 13.4. The molecule has 1 heterocycles. The molecule has 1 unspecified atom stereocenters. The van der Waals surface area contributed by atoms with Gasteiger partial charge in [-0.25, -0.2) is 0 Å². The summed E-state index contributed by atoms with van der Waals surface area (Å²) in [6.45, 7) is 2.50. The van der Waals surface area contributed by atoms with Crippen molar-refractivity contribution >= 4 is 5.97 Å². The largest absolute Gasteiger partial charge is 0.480 e. The van der Waals surface area contributed by atoms with Crippen molar-refractivity contribution in [1.82, 2.24) is 4.90 Å². The number of benzene rings is 2. The van der Waals surface area contributed by atoms with Crippen LogP contribution in [0.4, 0.5) is 0 Å². The van der Waals surface area contributed by atoms with Crippen molar-refractivity contribution in [2.24, 2.45) is 0 Å². The molecule has 5 nitrogen and oxygen atoms in total. The first-order chi connectivity index (χ1) is 11.7. The summed E-state index contributed by atoms with van der Waals surface area (Å²) in [6.07, 6.45) is 0.473. The molecule has 1 aliphatic rings. The number of carboxylic acid groups (broad SMARTS) is 1. The lowest BCUT2D eigenvalue weighted by atomic mass is 10.0. The van der Waals surface area contributed by atoms with Crippen molar-refractivity contribution in [2.75, 3.05) is 26.3 Å². The predicted molar refractivity (Wildman–Crippen MR) is 90.5 cm³/mol. The number of morpholine rings is 1. The fourth-order valence-corrected chi connectivity index (χ4v) is 2.80. The van der Waals surface area contributed by atoms with Crippen LogP contribution in [0.3, 0.4) is 0 Å². The lowest BCUT2D eigenvalue weighted by Gasteiger charge is -2.32. The summed E-state index contributed by atoms with van der Waals surface area (Å²) in [6, 6.07) is 16.7. The summed E-state index contributed by atoms with van der Waals surface area (Å²) in [4.78, 5) is 13.6. The van der Waals surface area contributed by atoms with Crippen LogP contribution in [-0.2, 0) is 16.0 Å². The molecule has 0 radical (unpaired) electrons. The SMILES string of the molecule is O=C(O)C(Cc1ccc(Oc2ccccc2)cc1)N1CCOCC1. The highest BCUT2D eigenvalue weighted by Crippen LogP contribution is 2.22. The first kappa shape index (κ1) is 16.5. The Kier molecular flexibility index (Phi) is 5.46. The van der Waals surface area contributed by atoms with Gasteiger partial charge >= 0.3 is 5.97 Å². The van der Waals surface area contributed by atoms with Gasteiger partial charge in [-0.1, -0.05) is 30.3 Å². The molecule has 5 heteroatoms. The van der Waals surface area contributed by atoms with E-state index >= 15 is 0 Å². The van der Waals surface area contributed by atoms with Crippen LogP contribution in [0.1, 0.15) is 5.56 Å². The maximum absolute atomic E-state index is 11.6. The van der Waals surface area contributed by atoms with E-state index in [1.54, 1.807) is 0 Å². The van der Waals surface area contributed by atoms with Gasteiger partial charge in [-0.15, -0.1) is 0 Å². The zero-order chi connectivity index (χ0) is 16.8. The molecule has 3 rings (SSSR count). The predicted octanol–water partition coefficient (Wildman–Crippen LogP) is 2.81. The fourth-order valence-electron chi connectivity index (χ4n) is 2.80. The maximum atomic E-state index is 11.6. The minimum Gasteiger partial charge on any atom is -0.480 e. The fraction of sp³-hybridized carbons (Fsp3) is 0.316. The summed E-state index contributed by atoms with van der Waals surface area (Å²) in [5.41, 5.74) is 0.981. The van der Waals surface area contributed by atoms with Crippen molar-refractivity contribution in [3.63, 3.8) is 0 Å². The highest BCUT2D eigenvalue weighted by molar-refractivity contribution is 5.74. The average Bonchev–Trinajstić information content (AvgIpc) is 2.62. The number of hydrogen-bond donors (Lipinski definition) is 1. The molecule has 1 atom stereocenters. The number of hydrogen-bond acceptors (Lipinski definition) is 4. The minimum absolute atomic E-state index is 0.473. The van der Waals surface area contributed by atoms with Gasteiger partial charge < -0.3 is 14.6 Å². The summed E-state index contributed by atoms with van der Waals surface area (Å²) in [5, 5.41) is 9.53. The Morgan fingerprint density at radius 2 is 1.67 bits per heavy atom. The van der Waals surface area contributed by atoms with Crippen LogP contribution >= 0.6 is 0 Å². The maximum Gasteiger partial charge on any atom is 0.321 e. The third-order valence-corrected chi connectivity index (χ3v) is 4.10. The Morgan fingerprint density at radius 3 is 2.29 bits per heavy atom. The van der Waals surface area contributed by atoms with Crippen LogP contribution in [0.15, 0.2) is 54.6 Å². The van der Waals surface area contributed by atoms with Crippen molar-refractivity contribution in [2.45, 2.75) is 12.5 Å². The number of carboxylic acids is 1. The van der Waals surface area contributed by atoms with E-state index in [1.165, 1.54) is 0 Å². The first-order valence-electron chi connectivity index (χ1n) is 8.09. The number of rotatable bonds is 6. The Morgan fingerprint density at radius 1 is 1.04 bits per heavy atom. The van der Waals surface area contributed by atoms with Crippen LogP contribution in [0.2, 0.25) is 0 Å². The smallest absolute Gasteiger partial charge is 0.321 e. The van der Waals surface area contributed by atoms with E-state index in [1.807, 2.05) is 59.5 Å². The number of nitrogens with zero attached hydrogens (tertiary/aromatic N) is 1. The standard InChI is InChI=1S/C19H21NO4/c21-19(22)18(20-10-12-23-13-11-20)14-15-6-8-17(9-7-15)24-16-4-2-1-3-5-16/h1-9,18H,10-14H2,(H,21,22). The first-order valence-corrected chi connectivity index (χ1v) is 8.09. The van der Waals surface area contributed by atoms with E-state index in [0.717, 1.165) is 17.1 Å². The van der Waals surface area contributed by atoms with E-state index in [-0.39, 0.29) is 0 Å². The molecule has 0 aromatic heterocycles. The highest BCUT2D eigenvalue weighted by atomic mass is 16.5. The lowest BCUT2D eigenvalue weighted by molar-refractivity contribution is -0.145. The van der Waals surface area contributed by atoms with Gasteiger partial charge in [0, 0.05) is 13.1 Å². The second kappa shape index (κ2) is 7.95. The molecule has 24 heavy (non-hydrogen) atoms. The van der Waals surface area contributed by atoms with Gasteiger partial charge in [-0.05, 0) is 36.2 Å². The number of ether oxygens (including phenoxy) is 2. The number of para-hydroxylation sites is 1.